The number of aromatic amines is 1. The lowest BCUT2D eigenvalue weighted by Gasteiger charge is -2.33. The molecule has 2 N–H and O–H groups in total. The number of pyridine rings is 1. The summed E-state index contributed by atoms with van der Waals surface area (Å²) in [5.41, 5.74) is 4.69. The van der Waals surface area contributed by atoms with E-state index in [0.717, 1.165) is 90.1 Å². The van der Waals surface area contributed by atoms with Gasteiger partial charge in [-0.2, -0.15) is 5.10 Å². The Bertz CT molecular complexity index is 2100. The smallest absolute Gasteiger partial charge is 0.258 e. The van der Waals surface area contributed by atoms with Crippen molar-refractivity contribution in [3.05, 3.63) is 59.4 Å². The number of benzene rings is 1. The second-order valence-electron chi connectivity index (χ2n) is 16.0. The molecular formula is C40H45F2N7O4. The van der Waals surface area contributed by atoms with Gasteiger partial charge in [-0.1, -0.05) is 19.1 Å². The summed E-state index contributed by atoms with van der Waals surface area (Å²) in [5.74, 6) is -3.06. The number of hydrogen-bond acceptors (Lipinski definition) is 7. The van der Waals surface area contributed by atoms with Gasteiger partial charge in [-0.3, -0.25) is 19.7 Å². The van der Waals surface area contributed by atoms with Gasteiger partial charge in [0.05, 0.1) is 11.6 Å². The number of imide groups is 1. The minimum Gasteiger partial charge on any atom is -0.357 e. The quantitative estimate of drug-likeness (QED) is 0.215. The van der Waals surface area contributed by atoms with E-state index in [1.807, 2.05) is 48.1 Å². The molecule has 4 atom stereocenters. The summed E-state index contributed by atoms with van der Waals surface area (Å²) in [7, 11) is 1.81. The zero-order valence-corrected chi connectivity index (χ0v) is 30.2. The van der Waals surface area contributed by atoms with Crippen molar-refractivity contribution >= 4 is 40.1 Å². The van der Waals surface area contributed by atoms with Crippen LogP contribution >= 0.6 is 0 Å². The van der Waals surface area contributed by atoms with E-state index in [4.69, 9.17) is 9.84 Å². The monoisotopic (exact) mass is 725 g/mol. The number of aromatic nitrogens is 4. The molecule has 0 radical (unpaired) electrons. The van der Waals surface area contributed by atoms with Crippen LogP contribution in [0.3, 0.4) is 0 Å². The zero-order chi connectivity index (χ0) is 36.6. The van der Waals surface area contributed by atoms with Crippen LogP contribution in [0.25, 0.3) is 22.3 Å². The average Bonchev–Trinajstić information content (AvgIpc) is 3.51. The van der Waals surface area contributed by atoms with Gasteiger partial charge >= 0.3 is 0 Å². The number of alkyl halides is 2. The number of carbonyl (C=O) groups is 3. The molecule has 1 saturated carbocycles. The summed E-state index contributed by atoms with van der Waals surface area (Å²) in [6.07, 6.45) is 7.92. The van der Waals surface area contributed by atoms with Crippen molar-refractivity contribution in [2.45, 2.75) is 89.2 Å². The maximum atomic E-state index is 15.0. The predicted octanol–water partition coefficient (Wildman–Crippen LogP) is 6.29. The molecule has 6 heterocycles. The zero-order valence-electron chi connectivity index (χ0n) is 30.2. The Morgan fingerprint density at radius 3 is 2.64 bits per heavy atom. The van der Waals surface area contributed by atoms with Crippen LogP contribution in [-0.4, -0.2) is 70.1 Å². The maximum absolute atomic E-state index is 15.0. The molecule has 9 rings (SSSR count). The number of anilines is 2. The van der Waals surface area contributed by atoms with Crippen molar-refractivity contribution in [2.75, 3.05) is 36.5 Å². The van der Waals surface area contributed by atoms with Gasteiger partial charge in [-0.25, -0.2) is 18.4 Å². The van der Waals surface area contributed by atoms with E-state index < -0.39 is 17.3 Å². The summed E-state index contributed by atoms with van der Waals surface area (Å²) in [4.78, 5) is 49.4. The van der Waals surface area contributed by atoms with E-state index in [2.05, 4.69) is 20.2 Å². The third-order valence-corrected chi connectivity index (χ3v) is 12.8. The van der Waals surface area contributed by atoms with Gasteiger partial charge in [0.15, 0.2) is 0 Å². The molecule has 0 bridgehead atoms. The molecule has 278 valence electrons. The molecule has 13 heteroatoms. The summed E-state index contributed by atoms with van der Waals surface area (Å²) >= 11 is 0. The van der Waals surface area contributed by atoms with Crippen molar-refractivity contribution in [3.8, 4) is 11.4 Å². The minimum atomic E-state index is -2.69. The Labute approximate surface area is 306 Å². The Morgan fingerprint density at radius 2 is 1.91 bits per heavy atom. The molecular weight excluding hydrogens is 680 g/mol. The summed E-state index contributed by atoms with van der Waals surface area (Å²) < 4.78 is 38.0. The summed E-state index contributed by atoms with van der Waals surface area (Å²) in [6.45, 7) is 3.92. The molecule has 3 saturated heterocycles. The highest BCUT2D eigenvalue weighted by molar-refractivity contribution is 6.01. The number of nitrogens with zero attached hydrogens (tertiary/aromatic N) is 5. The second kappa shape index (κ2) is 12.7. The second-order valence-corrected chi connectivity index (χ2v) is 16.0. The molecule has 53 heavy (non-hydrogen) atoms. The van der Waals surface area contributed by atoms with E-state index in [1.165, 1.54) is 0 Å². The van der Waals surface area contributed by atoms with Crippen molar-refractivity contribution < 1.29 is 27.9 Å². The lowest BCUT2D eigenvalue weighted by atomic mass is 9.87. The minimum absolute atomic E-state index is 0.0509. The lowest BCUT2D eigenvalue weighted by molar-refractivity contribution is -0.134. The van der Waals surface area contributed by atoms with Gasteiger partial charge in [0, 0.05) is 91.4 Å². The largest absolute Gasteiger partial charge is 0.357 e. The maximum Gasteiger partial charge on any atom is 0.258 e. The normalized spacial score (nSPS) is 26.9. The number of ether oxygens (including phenoxy) is 1. The first-order chi connectivity index (χ1) is 25.5. The molecule has 4 fully saturated rings. The molecule has 4 aromatic rings. The molecule has 3 unspecified atom stereocenters. The number of H-pyrrole nitrogens is 1. The molecule has 5 aliphatic rings. The number of nitrogens with one attached hydrogen (secondary N) is 2. The van der Waals surface area contributed by atoms with Crippen LogP contribution in [0.15, 0.2) is 42.6 Å². The van der Waals surface area contributed by atoms with E-state index in [-0.39, 0.29) is 35.8 Å². The van der Waals surface area contributed by atoms with Gasteiger partial charge in [0.1, 0.15) is 17.7 Å². The van der Waals surface area contributed by atoms with Crippen LogP contribution in [0.4, 0.5) is 20.3 Å². The van der Waals surface area contributed by atoms with E-state index in [9.17, 15) is 23.2 Å². The first-order valence-corrected chi connectivity index (χ1v) is 19.0. The van der Waals surface area contributed by atoms with Crippen LogP contribution in [0, 0.1) is 17.3 Å². The van der Waals surface area contributed by atoms with Gasteiger partial charge in [-0.05, 0) is 80.7 Å². The molecule has 0 spiro atoms. The van der Waals surface area contributed by atoms with Crippen molar-refractivity contribution in [1.29, 1.82) is 0 Å². The van der Waals surface area contributed by atoms with E-state index in [0.29, 0.717) is 44.4 Å². The Morgan fingerprint density at radius 1 is 1.08 bits per heavy atom. The SMILES string of the molecule is CN(C(=O)CC1CCN(c2ccc(C3CCC(=O)NC3=O)cn2)CC1)c1ccc2cc(-c3nn(C4CCCCO4)c4c3C[C@@H]3C(F)(F)C3(C)C4)[nH]c2c1. The topological polar surface area (TPSA) is 125 Å². The fourth-order valence-electron chi connectivity index (χ4n) is 9.25. The number of halogens is 2. The van der Waals surface area contributed by atoms with Crippen LogP contribution < -0.4 is 15.1 Å². The number of amides is 3. The van der Waals surface area contributed by atoms with Gasteiger partial charge in [-0.15, -0.1) is 0 Å². The highest BCUT2D eigenvalue weighted by atomic mass is 19.3. The fraction of sp³-hybridized carbons (Fsp3) is 0.525. The van der Waals surface area contributed by atoms with Crippen LogP contribution in [0.1, 0.15) is 87.3 Å². The first kappa shape index (κ1) is 34.1. The number of piperidine rings is 2. The highest BCUT2D eigenvalue weighted by Crippen LogP contribution is 2.70. The third kappa shape index (κ3) is 5.82. The third-order valence-electron chi connectivity index (χ3n) is 12.8. The Hall–Kier alpha value is -4.65. The standard InChI is InChI=1S/C40H45F2N7O4/c1-39-21-31-28(20-32(39)40(39,41)42)37(46-49(31)36-5-3-4-16-53-36)30-18-24-6-8-26(19-29(24)44-30)47(2)35(51)17-23-12-14-48(15-13-23)33-10-7-25(22-43-33)27-9-11-34(50)45-38(27)52/h6-8,10,18-19,22-23,27,32,36,44H,3-5,9,11-17,20-21H2,1-2H3,(H,45,50,52)/t27?,32-,36?,39?/m0/s1. The van der Waals surface area contributed by atoms with Crippen molar-refractivity contribution in [3.63, 3.8) is 0 Å². The van der Waals surface area contributed by atoms with Crippen LogP contribution in [0.2, 0.25) is 0 Å². The number of hydrogen-bond donors (Lipinski definition) is 2. The number of fused-ring (bicyclic) bond motifs is 3. The number of rotatable bonds is 7. The van der Waals surface area contributed by atoms with E-state index in [1.54, 1.807) is 18.0 Å². The van der Waals surface area contributed by atoms with Gasteiger partial charge < -0.3 is 19.5 Å². The number of carbonyl (C=O) groups excluding carboxylic acids is 3. The van der Waals surface area contributed by atoms with Crippen LogP contribution in [-0.2, 0) is 32.0 Å². The Kier molecular flexibility index (Phi) is 8.21. The van der Waals surface area contributed by atoms with Crippen molar-refractivity contribution in [1.82, 2.24) is 25.1 Å². The van der Waals surface area contributed by atoms with Crippen LogP contribution in [0.5, 0.6) is 0 Å². The average molecular weight is 726 g/mol. The molecule has 3 aromatic heterocycles. The lowest BCUT2D eigenvalue weighted by Crippen LogP contribution is -2.39. The summed E-state index contributed by atoms with van der Waals surface area (Å²) in [5, 5.41) is 8.41. The summed E-state index contributed by atoms with van der Waals surface area (Å²) in [6, 6.07) is 11.8. The first-order valence-electron chi connectivity index (χ1n) is 19.0. The predicted molar refractivity (Wildman–Crippen MR) is 195 cm³/mol. The van der Waals surface area contributed by atoms with Gasteiger partial charge in [0.25, 0.3) is 5.92 Å². The van der Waals surface area contributed by atoms with E-state index >= 15 is 0 Å². The molecule has 3 aliphatic heterocycles. The molecule has 3 amide bonds. The Balaban J connectivity index is 0.860. The van der Waals surface area contributed by atoms with Gasteiger partial charge in [0.2, 0.25) is 17.7 Å². The molecule has 1 aromatic carbocycles. The fourth-order valence-corrected chi connectivity index (χ4v) is 9.25. The molecule has 2 aliphatic carbocycles. The highest BCUT2D eigenvalue weighted by Gasteiger charge is 2.78. The van der Waals surface area contributed by atoms with Crippen molar-refractivity contribution in [2.24, 2.45) is 17.3 Å². The molecule has 11 nitrogen and oxygen atoms in total.